The summed E-state index contributed by atoms with van der Waals surface area (Å²) in [5.74, 6) is 0.463. The average molecular weight is 735 g/mol. The molecule has 4 aromatic heterocycles. The standard InChI is InChI=1S/C51H31N5O/c1-3-14-32(15-4-1)34-26-28-39-38-20-7-10-21-41(38)55(45(39)31-34)44-24-13-25-47-48(44)40-30-35(27-29-46(40)57-47)50-52-49(33-16-5-2-6-17-33)53-51(54-50)56-42-22-11-8-18-36(42)37-19-9-12-23-43(37)56/h1-31H/i2D,5D,6D,16D,17D. The number of para-hydroxylation sites is 3. The molecule has 0 aliphatic carbocycles. The third-order valence-corrected chi connectivity index (χ3v) is 10.9. The van der Waals surface area contributed by atoms with Gasteiger partial charge in [-0.15, -0.1) is 0 Å². The van der Waals surface area contributed by atoms with E-state index >= 15 is 0 Å². The first kappa shape index (κ1) is 26.9. The minimum Gasteiger partial charge on any atom is -0.456 e. The molecular weight excluding hydrogens is 699 g/mol. The molecular formula is C51H31N5O. The van der Waals surface area contributed by atoms with Crippen LogP contribution in [0.5, 0.6) is 0 Å². The van der Waals surface area contributed by atoms with Crippen LogP contribution in [0, 0.1) is 0 Å². The van der Waals surface area contributed by atoms with Crippen molar-refractivity contribution in [2.45, 2.75) is 0 Å². The summed E-state index contributed by atoms with van der Waals surface area (Å²) >= 11 is 0. The highest BCUT2D eigenvalue weighted by atomic mass is 16.3. The van der Waals surface area contributed by atoms with Crippen molar-refractivity contribution in [3.8, 4) is 45.5 Å². The monoisotopic (exact) mass is 734 g/mol. The van der Waals surface area contributed by atoms with Gasteiger partial charge in [-0.3, -0.25) is 4.57 Å². The smallest absolute Gasteiger partial charge is 0.238 e. The molecule has 0 N–H and O–H groups in total. The molecule has 0 saturated carbocycles. The van der Waals surface area contributed by atoms with Crippen LogP contribution in [-0.2, 0) is 0 Å². The van der Waals surface area contributed by atoms with Crippen molar-refractivity contribution in [2.75, 3.05) is 0 Å². The maximum atomic E-state index is 8.91. The van der Waals surface area contributed by atoms with Gasteiger partial charge in [-0.05, 0) is 65.7 Å². The summed E-state index contributed by atoms with van der Waals surface area (Å²) < 4.78 is 53.9. The maximum absolute atomic E-state index is 8.91. The second kappa shape index (κ2) is 12.3. The Morgan fingerprint density at radius 3 is 1.74 bits per heavy atom. The van der Waals surface area contributed by atoms with E-state index < -0.39 is 30.2 Å². The van der Waals surface area contributed by atoms with Crippen molar-refractivity contribution < 1.29 is 11.3 Å². The van der Waals surface area contributed by atoms with E-state index in [0.717, 1.165) is 71.2 Å². The maximum Gasteiger partial charge on any atom is 0.238 e. The van der Waals surface area contributed by atoms with E-state index in [1.165, 1.54) is 0 Å². The van der Waals surface area contributed by atoms with Crippen LogP contribution in [0.2, 0.25) is 0 Å². The van der Waals surface area contributed by atoms with Gasteiger partial charge in [0.1, 0.15) is 11.2 Å². The fraction of sp³-hybridized carbons (Fsp3) is 0. The van der Waals surface area contributed by atoms with Crippen LogP contribution in [0.15, 0.2) is 192 Å². The third-order valence-electron chi connectivity index (χ3n) is 10.9. The van der Waals surface area contributed by atoms with Crippen molar-refractivity contribution in [1.82, 2.24) is 24.1 Å². The summed E-state index contributed by atoms with van der Waals surface area (Å²) in [4.78, 5) is 14.9. The van der Waals surface area contributed by atoms with Gasteiger partial charge in [0, 0.05) is 38.1 Å². The zero-order chi connectivity index (χ0) is 41.8. The molecule has 0 amide bonds. The molecule has 0 saturated heterocycles. The van der Waals surface area contributed by atoms with Gasteiger partial charge in [-0.25, -0.2) is 4.98 Å². The molecule has 6 nitrogen and oxygen atoms in total. The fourth-order valence-electron chi connectivity index (χ4n) is 8.38. The molecule has 0 aliphatic heterocycles. The summed E-state index contributed by atoms with van der Waals surface area (Å²) in [5, 5.41) is 5.99. The number of benzene rings is 8. The number of furan rings is 1. The van der Waals surface area contributed by atoms with E-state index in [1.807, 2.05) is 89.5 Å². The molecule has 0 fully saturated rings. The largest absolute Gasteiger partial charge is 0.456 e. The van der Waals surface area contributed by atoms with Crippen molar-refractivity contribution in [3.05, 3.63) is 188 Å². The van der Waals surface area contributed by atoms with Crippen LogP contribution < -0.4 is 0 Å². The highest BCUT2D eigenvalue weighted by Crippen LogP contribution is 2.41. The Morgan fingerprint density at radius 2 is 1.02 bits per heavy atom. The molecule has 57 heavy (non-hydrogen) atoms. The molecule has 0 spiro atoms. The van der Waals surface area contributed by atoms with Crippen molar-refractivity contribution in [2.24, 2.45) is 0 Å². The average Bonchev–Trinajstić information content (AvgIpc) is 3.98. The van der Waals surface area contributed by atoms with Crippen molar-refractivity contribution in [1.29, 1.82) is 0 Å². The van der Waals surface area contributed by atoms with Gasteiger partial charge in [0.2, 0.25) is 5.95 Å². The van der Waals surface area contributed by atoms with Crippen molar-refractivity contribution >= 4 is 65.6 Å². The van der Waals surface area contributed by atoms with E-state index in [4.69, 9.17) is 26.2 Å². The second-order valence-electron chi connectivity index (χ2n) is 14.1. The molecule has 0 radical (unpaired) electrons. The first-order valence-corrected chi connectivity index (χ1v) is 18.7. The van der Waals surface area contributed by atoms with Crippen LogP contribution in [0.3, 0.4) is 0 Å². The molecule has 0 atom stereocenters. The Morgan fingerprint density at radius 1 is 0.404 bits per heavy atom. The molecule has 0 unspecified atom stereocenters. The highest BCUT2D eigenvalue weighted by Gasteiger charge is 2.21. The molecule has 12 aromatic rings. The second-order valence-corrected chi connectivity index (χ2v) is 14.1. The van der Waals surface area contributed by atoms with E-state index in [2.05, 4.69) is 77.4 Å². The molecule has 266 valence electrons. The van der Waals surface area contributed by atoms with Gasteiger partial charge in [-0.1, -0.05) is 133 Å². The minimum absolute atomic E-state index is 0.0406. The Bertz CT molecular complexity index is 3750. The highest BCUT2D eigenvalue weighted by molar-refractivity contribution is 6.15. The summed E-state index contributed by atoms with van der Waals surface area (Å²) in [7, 11) is 0. The van der Waals surface area contributed by atoms with E-state index in [0.29, 0.717) is 16.7 Å². The Balaban J connectivity index is 1.13. The molecule has 0 aliphatic rings. The lowest BCUT2D eigenvalue weighted by atomic mass is 10.0. The molecule has 12 rings (SSSR count). The van der Waals surface area contributed by atoms with Crippen LogP contribution in [0.25, 0.3) is 111 Å². The summed E-state index contributed by atoms with van der Waals surface area (Å²) in [5.41, 5.74) is 8.88. The van der Waals surface area contributed by atoms with E-state index in [9.17, 15) is 0 Å². The van der Waals surface area contributed by atoms with Gasteiger partial charge in [0.25, 0.3) is 0 Å². The lowest BCUT2D eigenvalue weighted by Gasteiger charge is -2.12. The van der Waals surface area contributed by atoms with Gasteiger partial charge < -0.3 is 8.98 Å². The number of fused-ring (bicyclic) bond motifs is 9. The molecule has 0 bridgehead atoms. The number of nitrogens with zero attached hydrogens (tertiary/aromatic N) is 5. The molecule has 8 aromatic carbocycles. The molecule has 4 heterocycles. The summed E-state index contributed by atoms with van der Waals surface area (Å²) in [6, 6.07) is 51.0. The zero-order valence-electron chi connectivity index (χ0n) is 35.2. The number of rotatable bonds is 5. The fourth-order valence-corrected chi connectivity index (χ4v) is 8.38. The predicted octanol–water partition coefficient (Wildman–Crippen LogP) is 13.0. The zero-order valence-corrected chi connectivity index (χ0v) is 30.2. The summed E-state index contributed by atoms with van der Waals surface area (Å²) in [6.45, 7) is 0. The first-order valence-electron chi connectivity index (χ1n) is 21.2. The Labute approximate surface area is 333 Å². The van der Waals surface area contributed by atoms with Crippen molar-refractivity contribution in [3.63, 3.8) is 0 Å². The lowest BCUT2D eigenvalue weighted by molar-refractivity contribution is 0.669. The first-order chi connectivity index (χ1) is 30.3. The summed E-state index contributed by atoms with van der Waals surface area (Å²) in [6.07, 6.45) is 0. The number of hydrogen-bond donors (Lipinski definition) is 0. The van der Waals surface area contributed by atoms with Gasteiger partial charge in [-0.2, -0.15) is 9.97 Å². The van der Waals surface area contributed by atoms with E-state index in [1.54, 1.807) is 0 Å². The van der Waals surface area contributed by atoms with Crippen LogP contribution >= 0.6 is 0 Å². The van der Waals surface area contributed by atoms with Crippen LogP contribution in [-0.4, -0.2) is 24.1 Å². The number of aromatic nitrogens is 5. The third kappa shape index (κ3) is 4.87. The quantitative estimate of drug-likeness (QED) is 0.177. The number of hydrogen-bond acceptors (Lipinski definition) is 4. The topological polar surface area (TPSA) is 61.7 Å². The van der Waals surface area contributed by atoms with Gasteiger partial charge >= 0.3 is 0 Å². The van der Waals surface area contributed by atoms with Gasteiger partial charge in [0.15, 0.2) is 11.6 Å². The lowest BCUT2D eigenvalue weighted by Crippen LogP contribution is -2.06. The van der Waals surface area contributed by atoms with E-state index in [-0.39, 0.29) is 23.2 Å². The Kier molecular flexibility index (Phi) is 5.82. The molecule has 6 heteroatoms. The predicted molar refractivity (Wildman–Crippen MR) is 232 cm³/mol. The van der Waals surface area contributed by atoms with Gasteiger partial charge in [0.05, 0.1) is 40.0 Å². The SMILES string of the molecule is [2H]c1c([2H])c([2H])c(-c2nc(-c3ccc4oc5cccc(-n6c7ccccc7c7ccc(-c8ccccc8)cc76)c5c4c3)nc(-n3c4ccccc4c4ccccc43)n2)c([2H])c1[2H]. The van der Waals surface area contributed by atoms with Crippen LogP contribution in [0.4, 0.5) is 0 Å². The van der Waals surface area contributed by atoms with Crippen LogP contribution in [0.1, 0.15) is 6.85 Å². The Hall–Kier alpha value is -7.83. The minimum atomic E-state index is -0.492. The normalized spacial score (nSPS) is 13.1.